The Kier molecular flexibility index (Phi) is 5.05. The predicted octanol–water partition coefficient (Wildman–Crippen LogP) is 3.51. The zero-order valence-electron chi connectivity index (χ0n) is 13.5. The van der Waals surface area contributed by atoms with Crippen molar-refractivity contribution >= 4 is 5.97 Å². The van der Waals surface area contributed by atoms with E-state index >= 15 is 0 Å². The quantitative estimate of drug-likeness (QED) is 0.780. The molecule has 0 aromatic carbocycles. The second kappa shape index (κ2) is 5.82. The minimum absolute atomic E-state index is 0.109. The van der Waals surface area contributed by atoms with E-state index in [1.807, 2.05) is 20.8 Å². The van der Waals surface area contributed by atoms with Crippen LogP contribution in [0.2, 0.25) is 0 Å². The van der Waals surface area contributed by atoms with Crippen LogP contribution >= 0.6 is 0 Å². The van der Waals surface area contributed by atoms with Gasteiger partial charge < -0.3 is 10.5 Å². The normalized spacial score (nSPS) is 29.1. The van der Waals surface area contributed by atoms with Crippen molar-refractivity contribution in [3.05, 3.63) is 0 Å². The first kappa shape index (κ1) is 16.5. The smallest absolute Gasteiger partial charge is 0.306 e. The van der Waals surface area contributed by atoms with E-state index < -0.39 is 5.60 Å². The lowest BCUT2D eigenvalue weighted by molar-refractivity contribution is -0.156. The predicted molar refractivity (Wildman–Crippen MR) is 78.7 cm³/mol. The summed E-state index contributed by atoms with van der Waals surface area (Å²) in [5.74, 6) is 0.815. The van der Waals surface area contributed by atoms with Gasteiger partial charge in [0.1, 0.15) is 5.60 Å². The lowest BCUT2D eigenvalue weighted by atomic mass is 9.67. The average molecular weight is 269 g/mol. The summed E-state index contributed by atoms with van der Waals surface area (Å²) in [6.07, 6.45) is 3.71. The molecule has 3 nitrogen and oxygen atoms in total. The maximum Gasteiger partial charge on any atom is 0.306 e. The second-order valence-corrected chi connectivity index (χ2v) is 8.09. The van der Waals surface area contributed by atoms with Crippen molar-refractivity contribution in [1.29, 1.82) is 0 Å². The molecule has 1 rings (SSSR count). The van der Waals surface area contributed by atoms with Gasteiger partial charge in [0.25, 0.3) is 0 Å². The number of rotatable bonds is 2. The van der Waals surface area contributed by atoms with Crippen LogP contribution in [0.3, 0.4) is 0 Å². The van der Waals surface area contributed by atoms with Crippen LogP contribution in [0.4, 0.5) is 0 Å². The molecule has 1 fully saturated rings. The van der Waals surface area contributed by atoms with E-state index in [0.29, 0.717) is 17.8 Å². The fourth-order valence-electron chi connectivity index (χ4n) is 2.91. The Balaban J connectivity index is 2.58. The van der Waals surface area contributed by atoms with Gasteiger partial charge in [0.15, 0.2) is 0 Å². The third-order valence-corrected chi connectivity index (χ3v) is 4.11. The van der Waals surface area contributed by atoms with Crippen molar-refractivity contribution in [3.63, 3.8) is 0 Å². The molecule has 3 atom stereocenters. The van der Waals surface area contributed by atoms with Gasteiger partial charge in [-0.1, -0.05) is 20.8 Å². The molecule has 3 unspecified atom stereocenters. The Hall–Kier alpha value is -0.570. The highest BCUT2D eigenvalue weighted by Crippen LogP contribution is 2.41. The van der Waals surface area contributed by atoms with E-state index in [-0.39, 0.29) is 17.9 Å². The molecule has 0 aliphatic heterocycles. The van der Waals surface area contributed by atoms with Gasteiger partial charge in [-0.2, -0.15) is 0 Å². The standard InChI is InChI=1S/C16H31NO2/c1-15(2,3)12-7-8-13(17)11(9-12)10-14(18)19-16(4,5)6/h11-13H,7-10,17H2,1-6H3. The van der Waals surface area contributed by atoms with Crippen LogP contribution in [0.25, 0.3) is 0 Å². The van der Waals surface area contributed by atoms with Crippen LogP contribution in [-0.2, 0) is 9.53 Å². The molecule has 19 heavy (non-hydrogen) atoms. The molecule has 1 aliphatic carbocycles. The summed E-state index contributed by atoms with van der Waals surface area (Å²) < 4.78 is 5.42. The zero-order chi connectivity index (χ0) is 14.8. The van der Waals surface area contributed by atoms with E-state index in [1.54, 1.807) is 0 Å². The van der Waals surface area contributed by atoms with Crippen LogP contribution < -0.4 is 5.73 Å². The molecule has 0 radical (unpaired) electrons. The topological polar surface area (TPSA) is 52.3 Å². The minimum atomic E-state index is -0.403. The maximum atomic E-state index is 12.0. The van der Waals surface area contributed by atoms with Crippen LogP contribution in [0.1, 0.15) is 67.2 Å². The molecular weight excluding hydrogens is 238 g/mol. The van der Waals surface area contributed by atoms with Gasteiger partial charge in [0.2, 0.25) is 0 Å². The van der Waals surface area contributed by atoms with Gasteiger partial charge in [0, 0.05) is 12.5 Å². The lowest BCUT2D eigenvalue weighted by Gasteiger charge is -2.40. The van der Waals surface area contributed by atoms with Crippen LogP contribution in [0, 0.1) is 17.3 Å². The molecule has 0 bridgehead atoms. The third-order valence-electron chi connectivity index (χ3n) is 4.11. The van der Waals surface area contributed by atoms with Gasteiger partial charge in [-0.3, -0.25) is 4.79 Å². The number of carbonyl (C=O) groups excluding carboxylic acids is 1. The van der Waals surface area contributed by atoms with Crippen molar-refractivity contribution in [2.24, 2.45) is 23.0 Å². The Bertz CT molecular complexity index is 312. The third kappa shape index (κ3) is 5.52. The van der Waals surface area contributed by atoms with Gasteiger partial charge >= 0.3 is 5.97 Å². The highest BCUT2D eigenvalue weighted by Gasteiger charge is 2.35. The van der Waals surface area contributed by atoms with Crippen molar-refractivity contribution in [2.45, 2.75) is 78.9 Å². The summed E-state index contributed by atoms with van der Waals surface area (Å²) in [6.45, 7) is 12.5. The van der Waals surface area contributed by atoms with Crippen LogP contribution in [0.5, 0.6) is 0 Å². The molecule has 2 N–H and O–H groups in total. The molecule has 0 saturated heterocycles. The van der Waals surface area contributed by atoms with Gasteiger partial charge in [0.05, 0.1) is 0 Å². The highest BCUT2D eigenvalue weighted by atomic mass is 16.6. The average Bonchev–Trinajstić information content (AvgIpc) is 2.16. The Morgan fingerprint density at radius 3 is 2.21 bits per heavy atom. The van der Waals surface area contributed by atoms with Gasteiger partial charge in [-0.15, -0.1) is 0 Å². The summed E-state index contributed by atoms with van der Waals surface area (Å²) in [5.41, 5.74) is 6.08. The summed E-state index contributed by atoms with van der Waals surface area (Å²) in [7, 11) is 0. The summed E-state index contributed by atoms with van der Waals surface area (Å²) in [4.78, 5) is 12.0. The van der Waals surface area contributed by atoms with E-state index in [0.717, 1.165) is 12.8 Å². The second-order valence-electron chi connectivity index (χ2n) is 8.09. The molecule has 0 amide bonds. The van der Waals surface area contributed by atoms with Crippen molar-refractivity contribution in [1.82, 2.24) is 0 Å². The fourth-order valence-corrected chi connectivity index (χ4v) is 2.91. The number of carbonyl (C=O) groups is 1. The summed E-state index contributed by atoms with van der Waals surface area (Å²) in [5, 5.41) is 0. The molecule has 0 aromatic heterocycles. The maximum absolute atomic E-state index is 12.0. The molecule has 1 aliphatic rings. The number of hydrogen-bond donors (Lipinski definition) is 1. The summed E-state index contributed by atoms with van der Waals surface area (Å²) in [6, 6.07) is 0.145. The molecule has 3 heteroatoms. The summed E-state index contributed by atoms with van der Waals surface area (Å²) >= 11 is 0. The molecule has 0 aromatic rings. The monoisotopic (exact) mass is 269 g/mol. The SMILES string of the molecule is CC(C)(C)OC(=O)CC1CC(C(C)(C)C)CCC1N. The zero-order valence-corrected chi connectivity index (χ0v) is 13.5. The first-order chi connectivity index (χ1) is 8.49. The van der Waals surface area contributed by atoms with Gasteiger partial charge in [-0.25, -0.2) is 0 Å². The minimum Gasteiger partial charge on any atom is -0.460 e. The van der Waals surface area contributed by atoms with Crippen molar-refractivity contribution in [2.75, 3.05) is 0 Å². The van der Waals surface area contributed by atoms with E-state index in [4.69, 9.17) is 10.5 Å². The molecule has 0 spiro atoms. The number of hydrogen-bond acceptors (Lipinski definition) is 3. The van der Waals surface area contributed by atoms with Crippen LogP contribution in [0.15, 0.2) is 0 Å². The first-order valence-electron chi connectivity index (χ1n) is 7.46. The number of esters is 1. The Morgan fingerprint density at radius 1 is 1.16 bits per heavy atom. The largest absolute Gasteiger partial charge is 0.460 e. The van der Waals surface area contributed by atoms with Crippen molar-refractivity contribution < 1.29 is 9.53 Å². The number of nitrogens with two attached hydrogens (primary N) is 1. The Morgan fingerprint density at radius 2 is 1.74 bits per heavy atom. The Labute approximate surface area is 118 Å². The molecule has 0 heterocycles. The first-order valence-corrected chi connectivity index (χ1v) is 7.46. The molecular formula is C16H31NO2. The fraction of sp³-hybridized carbons (Fsp3) is 0.938. The van der Waals surface area contributed by atoms with E-state index in [2.05, 4.69) is 20.8 Å². The highest BCUT2D eigenvalue weighted by molar-refractivity contribution is 5.70. The van der Waals surface area contributed by atoms with Crippen LogP contribution in [-0.4, -0.2) is 17.6 Å². The molecule has 1 saturated carbocycles. The van der Waals surface area contributed by atoms with E-state index in [9.17, 15) is 4.79 Å². The van der Waals surface area contributed by atoms with Gasteiger partial charge in [-0.05, 0) is 57.3 Å². The lowest BCUT2D eigenvalue weighted by Crippen LogP contribution is -2.41. The van der Waals surface area contributed by atoms with Crippen molar-refractivity contribution in [3.8, 4) is 0 Å². The number of ether oxygens (including phenoxy) is 1. The van der Waals surface area contributed by atoms with E-state index in [1.165, 1.54) is 6.42 Å². The molecule has 112 valence electrons.